The van der Waals surface area contributed by atoms with E-state index < -0.39 is 5.97 Å². The second kappa shape index (κ2) is 8.95. The minimum Gasteiger partial charge on any atom is -0.481 e. The topological polar surface area (TPSA) is 66.4 Å². The molecule has 0 heterocycles. The summed E-state index contributed by atoms with van der Waals surface area (Å²) in [5.41, 5.74) is 2.16. The van der Waals surface area contributed by atoms with Crippen molar-refractivity contribution in [2.75, 3.05) is 6.54 Å². The summed E-state index contributed by atoms with van der Waals surface area (Å²) in [7, 11) is 0. The van der Waals surface area contributed by atoms with Gasteiger partial charge in [-0.2, -0.15) is 0 Å². The Balaban J connectivity index is 2.26. The first-order valence-corrected chi connectivity index (χ1v) is 7.21. The summed E-state index contributed by atoms with van der Waals surface area (Å²) in [4.78, 5) is 22.1. The number of carboxylic acids is 1. The summed E-state index contributed by atoms with van der Waals surface area (Å²) in [6.07, 6.45) is 4.93. The van der Waals surface area contributed by atoms with Crippen LogP contribution in [0.25, 0.3) is 6.08 Å². The summed E-state index contributed by atoms with van der Waals surface area (Å²) in [6.45, 7) is 4.57. The lowest BCUT2D eigenvalue weighted by atomic mass is 10.0. The van der Waals surface area contributed by atoms with Crippen molar-refractivity contribution in [3.63, 3.8) is 0 Å². The number of benzene rings is 1. The molecule has 1 amide bonds. The SMILES string of the molecule is Cc1cccc(C=CC(=O)NCCC(C)CCC(=O)O)c1. The van der Waals surface area contributed by atoms with Crippen LogP contribution >= 0.6 is 0 Å². The Morgan fingerprint density at radius 2 is 2.10 bits per heavy atom. The summed E-state index contributed by atoms with van der Waals surface area (Å²) < 4.78 is 0. The molecule has 114 valence electrons. The van der Waals surface area contributed by atoms with Gasteiger partial charge in [0.2, 0.25) is 5.91 Å². The Kier molecular flexibility index (Phi) is 7.23. The monoisotopic (exact) mass is 289 g/mol. The van der Waals surface area contributed by atoms with Gasteiger partial charge in [-0.05, 0) is 37.3 Å². The van der Waals surface area contributed by atoms with E-state index in [0.29, 0.717) is 18.9 Å². The van der Waals surface area contributed by atoms with Crippen molar-refractivity contribution >= 4 is 18.0 Å². The van der Waals surface area contributed by atoms with Crippen LogP contribution in [0, 0.1) is 12.8 Å². The highest BCUT2D eigenvalue weighted by atomic mass is 16.4. The van der Waals surface area contributed by atoms with Gasteiger partial charge in [-0.1, -0.05) is 36.8 Å². The summed E-state index contributed by atoms with van der Waals surface area (Å²) in [5, 5.41) is 11.4. The number of hydrogen-bond donors (Lipinski definition) is 2. The average molecular weight is 289 g/mol. The zero-order valence-corrected chi connectivity index (χ0v) is 12.6. The highest BCUT2D eigenvalue weighted by molar-refractivity contribution is 5.91. The fourth-order valence-corrected chi connectivity index (χ4v) is 1.96. The maximum Gasteiger partial charge on any atom is 0.303 e. The zero-order valence-electron chi connectivity index (χ0n) is 12.6. The Morgan fingerprint density at radius 3 is 2.76 bits per heavy atom. The van der Waals surface area contributed by atoms with Gasteiger partial charge in [-0.25, -0.2) is 0 Å². The molecule has 1 atom stereocenters. The van der Waals surface area contributed by atoms with Crippen LogP contribution in [0.3, 0.4) is 0 Å². The Bertz CT molecular complexity index is 509. The van der Waals surface area contributed by atoms with Crippen LogP contribution in [0.1, 0.15) is 37.3 Å². The molecule has 0 fully saturated rings. The highest BCUT2D eigenvalue weighted by Crippen LogP contribution is 2.09. The second-order valence-electron chi connectivity index (χ2n) is 5.36. The van der Waals surface area contributed by atoms with E-state index >= 15 is 0 Å². The Labute approximate surface area is 125 Å². The molecule has 2 N–H and O–H groups in total. The number of carbonyl (C=O) groups excluding carboxylic acids is 1. The third kappa shape index (κ3) is 7.92. The van der Waals surface area contributed by atoms with E-state index in [9.17, 15) is 9.59 Å². The molecule has 0 radical (unpaired) electrons. The van der Waals surface area contributed by atoms with Gasteiger partial charge in [-0.3, -0.25) is 9.59 Å². The molecule has 0 aliphatic rings. The first kappa shape index (κ1) is 17.0. The molecule has 0 aliphatic carbocycles. The predicted octanol–water partition coefficient (Wildman–Crippen LogP) is 3.02. The van der Waals surface area contributed by atoms with E-state index in [1.54, 1.807) is 6.08 Å². The van der Waals surface area contributed by atoms with Crippen LogP contribution in [0.2, 0.25) is 0 Å². The molecule has 1 aromatic carbocycles. The summed E-state index contributed by atoms with van der Waals surface area (Å²) >= 11 is 0. The number of nitrogens with one attached hydrogen (secondary N) is 1. The lowest BCUT2D eigenvalue weighted by Gasteiger charge is -2.09. The number of carboxylic acid groups (broad SMARTS) is 1. The van der Waals surface area contributed by atoms with Gasteiger partial charge in [-0.15, -0.1) is 0 Å². The molecular weight excluding hydrogens is 266 g/mol. The van der Waals surface area contributed by atoms with Gasteiger partial charge >= 0.3 is 5.97 Å². The summed E-state index contributed by atoms with van der Waals surface area (Å²) in [6, 6.07) is 7.93. The van der Waals surface area contributed by atoms with Crippen LogP contribution in [0.4, 0.5) is 0 Å². The zero-order chi connectivity index (χ0) is 15.7. The number of amides is 1. The third-order valence-electron chi connectivity index (χ3n) is 3.26. The fraction of sp³-hybridized carbons (Fsp3) is 0.412. The number of rotatable bonds is 8. The molecule has 0 saturated heterocycles. The van der Waals surface area contributed by atoms with Crippen molar-refractivity contribution in [2.24, 2.45) is 5.92 Å². The summed E-state index contributed by atoms with van der Waals surface area (Å²) in [5.74, 6) is -0.601. The van der Waals surface area contributed by atoms with Crippen molar-refractivity contribution in [1.29, 1.82) is 0 Å². The van der Waals surface area contributed by atoms with E-state index in [1.165, 1.54) is 6.08 Å². The molecule has 4 heteroatoms. The van der Waals surface area contributed by atoms with Gasteiger partial charge in [0, 0.05) is 19.0 Å². The standard InChI is InChI=1S/C17H23NO3/c1-13(6-9-17(20)21)10-11-18-16(19)8-7-15-5-3-4-14(2)12-15/h3-5,7-8,12-13H,6,9-11H2,1-2H3,(H,18,19)(H,20,21). The molecule has 1 aromatic rings. The Hall–Kier alpha value is -2.10. The maximum atomic E-state index is 11.7. The van der Waals surface area contributed by atoms with Crippen LogP contribution in [-0.4, -0.2) is 23.5 Å². The van der Waals surface area contributed by atoms with E-state index in [-0.39, 0.29) is 12.3 Å². The Morgan fingerprint density at radius 1 is 1.33 bits per heavy atom. The normalized spacial score (nSPS) is 12.3. The van der Waals surface area contributed by atoms with Crippen molar-refractivity contribution in [3.8, 4) is 0 Å². The minimum atomic E-state index is -0.771. The van der Waals surface area contributed by atoms with E-state index in [2.05, 4.69) is 5.32 Å². The molecule has 1 rings (SSSR count). The van der Waals surface area contributed by atoms with Crippen molar-refractivity contribution in [2.45, 2.75) is 33.1 Å². The van der Waals surface area contributed by atoms with Crippen LogP contribution in [0.15, 0.2) is 30.3 Å². The van der Waals surface area contributed by atoms with Crippen LogP contribution in [0.5, 0.6) is 0 Å². The molecule has 1 unspecified atom stereocenters. The smallest absolute Gasteiger partial charge is 0.303 e. The van der Waals surface area contributed by atoms with Gasteiger partial charge < -0.3 is 10.4 Å². The van der Waals surface area contributed by atoms with Crippen LogP contribution in [-0.2, 0) is 9.59 Å². The fourth-order valence-electron chi connectivity index (χ4n) is 1.96. The molecule has 21 heavy (non-hydrogen) atoms. The molecule has 0 aliphatic heterocycles. The van der Waals surface area contributed by atoms with Gasteiger partial charge in [0.1, 0.15) is 0 Å². The quantitative estimate of drug-likeness (QED) is 0.723. The van der Waals surface area contributed by atoms with E-state index in [4.69, 9.17) is 5.11 Å². The highest BCUT2D eigenvalue weighted by Gasteiger charge is 2.05. The lowest BCUT2D eigenvalue weighted by molar-refractivity contribution is -0.137. The van der Waals surface area contributed by atoms with Gasteiger partial charge in [0.15, 0.2) is 0 Å². The van der Waals surface area contributed by atoms with Crippen LogP contribution < -0.4 is 5.32 Å². The minimum absolute atomic E-state index is 0.123. The van der Waals surface area contributed by atoms with E-state index in [1.807, 2.05) is 38.1 Å². The number of hydrogen-bond acceptors (Lipinski definition) is 2. The first-order valence-electron chi connectivity index (χ1n) is 7.21. The average Bonchev–Trinajstić information content (AvgIpc) is 2.43. The number of aryl methyl sites for hydroxylation is 1. The van der Waals surface area contributed by atoms with Crippen molar-refractivity contribution in [3.05, 3.63) is 41.5 Å². The lowest BCUT2D eigenvalue weighted by Crippen LogP contribution is -2.23. The van der Waals surface area contributed by atoms with E-state index in [0.717, 1.165) is 17.5 Å². The van der Waals surface area contributed by atoms with Crippen molar-refractivity contribution < 1.29 is 14.7 Å². The third-order valence-corrected chi connectivity index (χ3v) is 3.26. The second-order valence-corrected chi connectivity index (χ2v) is 5.36. The molecule has 0 bridgehead atoms. The first-order chi connectivity index (χ1) is 9.97. The molecule has 0 saturated carbocycles. The molecule has 0 aromatic heterocycles. The molecular formula is C17H23NO3. The molecule has 0 spiro atoms. The van der Waals surface area contributed by atoms with Gasteiger partial charge in [0.05, 0.1) is 0 Å². The maximum absolute atomic E-state index is 11.7. The largest absolute Gasteiger partial charge is 0.481 e. The number of aliphatic carboxylic acids is 1. The van der Waals surface area contributed by atoms with Crippen molar-refractivity contribution in [1.82, 2.24) is 5.32 Å². The van der Waals surface area contributed by atoms with Gasteiger partial charge in [0.25, 0.3) is 0 Å². The predicted molar refractivity (Wildman–Crippen MR) is 83.9 cm³/mol. The number of carbonyl (C=O) groups is 2. The molecule has 4 nitrogen and oxygen atoms in total.